The van der Waals surface area contributed by atoms with Crippen LogP contribution in [0.4, 0.5) is 9.59 Å². The van der Waals surface area contributed by atoms with Gasteiger partial charge in [0.2, 0.25) is 0 Å². The van der Waals surface area contributed by atoms with Gasteiger partial charge in [-0.3, -0.25) is 0 Å². The van der Waals surface area contributed by atoms with Gasteiger partial charge in [0, 0.05) is 30.8 Å². The summed E-state index contributed by atoms with van der Waals surface area (Å²) in [5.41, 5.74) is 0.557. The summed E-state index contributed by atoms with van der Waals surface area (Å²) >= 11 is 2.07. The van der Waals surface area contributed by atoms with E-state index in [1.165, 1.54) is 42.2 Å². The van der Waals surface area contributed by atoms with Crippen LogP contribution in [-0.2, 0) is 32.0 Å². The van der Waals surface area contributed by atoms with Gasteiger partial charge in [-0.15, -0.1) is 0 Å². The predicted molar refractivity (Wildman–Crippen MR) is 171 cm³/mol. The number of hydrogen-bond donors (Lipinski definition) is 1. The standard InChI is InChI=1S/C16H21NO6.C15H20INO4/c1-16(2,3)23-15(21)17(4)9-10-6-7-11(13(18)19)12(8-10)14(20)22-5;1-15(2,3)21-14(19)17(4)9-10-6-7-12(16)11(8-10)13(18)20-5/h6-8H,9H2,1-5H3,(H,18,19);6-8H,9H2,1-5H3. The number of rotatable bonds is 7. The summed E-state index contributed by atoms with van der Waals surface area (Å²) in [6, 6.07) is 9.68. The summed E-state index contributed by atoms with van der Waals surface area (Å²) in [4.78, 5) is 61.2. The van der Waals surface area contributed by atoms with Crippen molar-refractivity contribution in [1.29, 1.82) is 0 Å². The lowest BCUT2D eigenvalue weighted by molar-refractivity contribution is 0.0275. The fourth-order valence-electron chi connectivity index (χ4n) is 3.45. The second kappa shape index (κ2) is 16.3. The Kier molecular flexibility index (Phi) is 14.1. The monoisotopic (exact) mass is 728 g/mol. The molecule has 1 N–H and O–H groups in total. The zero-order valence-corrected chi connectivity index (χ0v) is 28.9. The van der Waals surface area contributed by atoms with E-state index in [-0.39, 0.29) is 23.6 Å². The Bertz CT molecular complexity index is 1360. The molecular weight excluding hydrogens is 687 g/mol. The Labute approximate surface area is 271 Å². The van der Waals surface area contributed by atoms with Gasteiger partial charge >= 0.3 is 30.1 Å². The molecule has 0 aromatic heterocycles. The van der Waals surface area contributed by atoms with E-state index in [1.807, 2.05) is 32.9 Å². The van der Waals surface area contributed by atoms with Crippen molar-refractivity contribution in [2.45, 2.75) is 65.8 Å². The largest absolute Gasteiger partial charge is 0.478 e. The minimum atomic E-state index is -1.22. The van der Waals surface area contributed by atoms with Crippen LogP contribution >= 0.6 is 22.6 Å². The first-order chi connectivity index (χ1) is 20.2. The third-order valence-corrected chi connectivity index (χ3v) is 6.35. The van der Waals surface area contributed by atoms with E-state index in [4.69, 9.17) is 19.3 Å². The smallest absolute Gasteiger partial charge is 0.410 e. The molecule has 2 rings (SSSR count). The maximum atomic E-state index is 11.9. The molecule has 0 atom stereocenters. The number of halogens is 1. The number of carbonyl (C=O) groups excluding carboxylic acids is 4. The molecule has 0 fully saturated rings. The van der Waals surface area contributed by atoms with Crippen LogP contribution in [0.2, 0.25) is 0 Å². The third-order valence-electron chi connectivity index (χ3n) is 5.41. The van der Waals surface area contributed by atoms with Gasteiger partial charge in [0.05, 0.1) is 30.9 Å². The van der Waals surface area contributed by atoms with E-state index >= 15 is 0 Å². The normalized spacial score (nSPS) is 10.9. The lowest BCUT2D eigenvalue weighted by atomic mass is 10.0. The molecule has 12 nitrogen and oxygen atoms in total. The molecule has 13 heteroatoms. The van der Waals surface area contributed by atoms with Crippen molar-refractivity contribution in [1.82, 2.24) is 9.80 Å². The van der Waals surface area contributed by atoms with Gasteiger partial charge in [0.15, 0.2) is 0 Å². The van der Waals surface area contributed by atoms with E-state index in [1.54, 1.807) is 40.9 Å². The highest BCUT2D eigenvalue weighted by Crippen LogP contribution is 2.19. The number of methoxy groups -OCH3 is 2. The van der Waals surface area contributed by atoms with E-state index in [2.05, 4.69) is 27.3 Å². The second-order valence-electron chi connectivity index (χ2n) is 11.7. The summed E-state index contributed by atoms with van der Waals surface area (Å²) in [6.07, 6.45) is -0.917. The van der Waals surface area contributed by atoms with Crippen molar-refractivity contribution in [3.63, 3.8) is 0 Å². The Morgan fingerprint density at radius 2 is 1.07 bits per heavy atom. The summed E-state index contributed by atoms with van der Waals surface area (Å²) < 4.78 is 20.7. The minimum Gasteiger partial charge on any atom is -0.478 e. The molecule has 2 amide bonds. The number of hydrogen-bond acceptors (Lipinski definition) is 9. The van der Waals surface area contributed by atoms with Crippen molar-refractivity contribution in [3.05, 3.63) is 67.8 Å². The van der Waals surface area contributed by atoms with Gasteiger partial charge in [0.1, 0.15) is 11.2 Å². The molecule has 0 saturated carbocycles. The quantitative estimate of drug-likeness (QED) is 0.205. The van der Waals surface area contributed by atoms with E-state index in [0.717, 1.165) is 9.13 Å². The first-order valence-electron chi connectivity index (χ1n) is 13.4. The molecule has 0 spiro atoms. The molecule has 0 radical (unpaired) electrons. The van der Waals surface area contributed by atoms with Crippen LogP contribution in [0.5, 0.6) is 0 Å². The third kappa shape index (κ3) is 12.8. The van der Waals surface area contributed by atoms with Crippen molar-refractivity contribution >= 4 is 52.7 Å². The molecule has 44 heavy (non-hydrogen) atoms. The number of benzene rings is 2. The first kappa shape index (κ1) is 38.1. The lowest BCUT2D eigenvalue weighted by Gasteiger charge is -2.24. The van der Waals surface area contributed by atoms with Crippen molar-refractivity contribution in [3.8, 4) is 0 Å². The number of amides is 2. The number of nitrogens with zero attached hydrogens (tertiary/aromatic N) is 2. The lowest BCUT2D eigenvalue weighted by Crippen LogP contribution is -2.33. The molecule has 2 aromatic carbocycles. The van der Waals surface area contributed by atoms with Gasteiger partial charge in [-0.1, -0.05) is 12.1 Å². The number of ether oxygens (including phenoxy) is 4. The summed E-state index contributed by atoms with van der Waals surface area (Å²) in [7, 11) is 5.73. The molecule has 2 aromatic rings. The molecule has 0 unspecified atom stereocenters. The molecule has 242 valence electrons. The van der Waals surface area contributed by atoms with Crippen molar-refractivity contribution < 1.29 is 48.0 Å². The Hall–Kier alpha value is -3.88. The zero-order chi connectivity index (χ0) is 34.0. The number of carbonyl (C=O) groups is 5. The van der Waals surface area contributed by atoms with Gasteiger partial charge in [0.25, 0.3) is 0 Å². The van der Waals surface area contributed by atoms with Crippen LogP contribution < -0.4 is 0 Å². The fraction of sp³-hybridized carbons (Fsp3) is 0.452. The maximum Gasteiger partial charge on any atom is 0.410 e. The topological polar surface area (TPSA) is 149 Å². The van der Waals surface area contributed by atoms with Crippen LogP contribution in [0.3, 0.4) is 0 Å². The van der Waals surface area contributed by atoms with Gasteiger partial charge in [-0.2, -0.15) is 0 Å². The SMILES string of the molecule is COC(=O)c1cc(CN(C)C(=O)OC(C)(C)C)ccc1C(=O)O.COC(=O)c1cc(CN(C)C(=O)OC(C)(C)C)ccc1I. The highest BCUT2D eigenvalue weighted by molar-refractivity contribution is 14.1. The van der Waals surface area contributed by atoms with Crippen LogP contribution in [-0.4, -0.2) is 84.5 Å². The highest BCUT2D eigenvalue weighted by atomic mass is 127. The summed E-state index contributed by atoms with van der Waals surface area (Å²) in [5, 5.41) is 9.11. The van der Waals surface area contributed by atoms with Crippen LogP contribution in [0.1, 0.15) is 83.7 Å². The van der Waals surface area contributed by atoms with E-state index in [9.17, 15) is 24.0 Å². The average molecular weight is 729 g/mol. The average Bonchev–Trinajstić information content (AvgIpc) is 2.91. The number of esters is 2. The van der Waals surface area contributed by atoms with Gasteiger partial charge in [-0.25, -0.2) is 24.0 Å². The minimum absolute atomic E-state index is 0.0601. The molecule has 0 heterocycles. The summed E-state index contributed by atoms with van der Waals surface area (Å²) in [5.74, 6) is -2.36. The first-order valence-corrected chi connectivity index (χ1v) is 14.5. The van der Waals surface area contributed by atoms with Crippen LogP contribution in [0.25, 0.3) is 0 Å². The highest BCUT2D eigenvalue weighted by Gasteiger charge is 2.22. The second-order valence-corrected chi connectivity index (χ2v) is 12.8. The Balaban J connectivity index is 0.000000442. The van der Waals surface area contributed by atoms with Gasteiger partial charge < -0.3 is 33.9 Å². The molecule has 0 aliphatic heterocycles. The van der Waals surface area contributed by atoms with Crippen LogP contribution in [0, 0.1) is 3.57 Å². The molecule has 0 saturated heterocycles. The van der Waals surface area contributed by atoms with E-state index in [0.29, 0.717) is 17.7 Å². The van der Waals surface area contributed by atoms with E-state index < -0.39 is 35.3 Å². The predicted octanol–water partition coefficient (Wildman–Crippen LogP) is 5.98. The molecular formula is C31H41IN2O10. The molecule has 0 bridgehead atoms. The Morgan fingerprint density at radius 1 is 0.682 bits per heavy atom. The molecule has 0 aliphatic carbocycles. The Morgan fingerprint density at radius 3 is 1.45 bits per heavy atom. The zero-order valence-electron chi connectivity index (χ0n) is 26.8. The number of aromatic carboxylic acids is 1. The summed E-state index contributed by atoms with van der Waals surface area (Å²) in [6.45, 7) is 11.3. The number of carboxylic acid groups (broad SMARTS) is 1. The van der Waals surface area contributed by atoms with Crippen LogP contribution in [0.15, 0.2) is 36.4 Å². The number of carboxylic acids is 1. The van der Waals surface area contributed by atoms with Crippen molar-refractivity contribution in [2.24, 2.45) is 0 Å². The maximum absolute atomic E-state index is 11.9. The molecule has 0 aliphatic rings. The van der Waals surface area contributed by atoms with Gasteiger partial charge in [-0.05, 0) is 99.5 Å². The van der Waals surface area contributed by atoms with Crippen molar-refractivity contribution in [2.75, 3.05) is 28.3 Å². The fourth-order valence-corrected chi connectivity index (χ4v) is 4.00.